The second-order valence-electron chi connectivity index (χ2n) is 3.79. The first-order chi connectivity index (χ1) is 9.11. The number of hydrogen-bond acceptors (Lipinski definition) is 3. The van der Waals surface area contributed by atoms with Gasteiger partial charge in [-0.05, 0) is 30.3 Å². The number of carbonyl (C=O) groups excluding carboxylic acids is 1. The highest BCUT2D eigenvalue weighted by molar-refractivity contribution is 5.96. The van der Waals surface area contributed by atoms with Crippen LogP contribution in [0.1, 0.15) is 10.4 Å². The minimum absolute atomic E-state index is 0.214. The van der Waals surface area contributed by atoms with Gasteiger partial charge < -0.3 is 10.1 Å². The van der Waals surface area contributed by atoms with Crippen molar-refractivity contribution in [2.45, 2.75) is 0 Å². The van der Waals surface area contributed by atoms with E-state index in [0.717, 1.165) is 6.07 Å². The van der Waals surface area contributed by atoms with E-state index in [0.29, 0.717) is 5.69 Å². The third-order valence-corrected chi connectivity index (χ3v) is 2.51. The van der Waals surface area contributed by atoms with Crippen LogP contribution in [0.15, 0.2) is 42.5 Å². The Hall–Kier alpha value is -2.43. The normalized spacial score (nSPS) is 10.1. The van der Waals surface area contributed by atoms with Gasteiger partial charge >= 0.3 is 5.97 Å². The van der Waals surface area contributed by atoms with E-state index in [4.69, 9.17) is 0 Å². The predicted octanol–water partition coefficient (Wildman–Crippen LogP) is 3.50. The van der Waals surface area contributed by atoms with Crippen LogP contribution in [-0.4, -0.2) is 13.1 Å². The molecule has 0 unspecified atom stereocenters. The molecule has 3 nitrogen and oxygen atoms in total. The molecule has 0 saturated carbocycles. The molecule has 0 radical (unpaired) electrons. The maximum atomic E-state index is 13.7. The number of ether oxygens (including phenoxy) is 1. The number of carbonyl (C=O) groups is 1. The van der Waals surface area contributed by atoms with Gasteiger partial charge in [-0.1, -0.05) is 12.1 Å². The van der Waals surface area contributed by atoms with Crippen molar-refractivity contribution in [3.05, 3.63) is 59.7 Å². The van der Waals surface area contributed by atoms with E-state index in [2.05, 4.69) is 10.1 Å². The number of benzene rings is 2. The zero-order valence-corrected chi connectivity index (χ0v) is 10.1. The third kappa shape index (κ3) is 2.88. The standard InChI is InChI=1S/C14H11F2NO2/c1-19-14(18)13-11(16)6-3-7-12(13)17-10-5-2-4-9(15)8-10/h2-8,17H,1H3. The third-order valence-electron chi connectivity index (χ3n) is 2.51. The molecular formula is C14H11F2NO2. The minimum atomic E-state index is -0.794. The first-order valence-corrected chi connectivity index (χ1v) is 5.51. The molecule has 0 aliphatic carbocycles. The van der Waals surface area contributed by atoms with Crippen molar-refractivity contribution in [1.29, 1.82) is 0 Å². The Kier molecular flexibility index (Phi) is 3.75. The van der Waals surface area contributed by atoms with E-state index >= 15 is 0 Å². The molecule has 1 N–H and O–H groups in total. The van der Waals surface area contributed by atoms with Gasteiger partial charge in [-0.3, -0.25) is 0 Å². The number of hydrogen-bond donors (Lipinski definition) is 1. The van der Waals surface area contributed by atoms with Crippen LogP contribution in [0.5, 0.6) is 0 Å². The Morgan fingerprint density at radius 3 is 2.58 bits per heavy atom. The number of nitrogens with one attached hydrogen (secondary N) is 1. The smallest absolute Gasteiger partial charge is 0.342 e. The molecule has 0 fully saturated rings. The molecule has 0 aliphatic rings. The molecule has 0 bridgehead atoms. The summed E-state index contributed by atoms with van der Waals surface area (Å²) in [6.45, 7) is 0. The summed E-state index contributed by atoms with van der Waals surface area (Å²) in [4.78, 5) is 11.5. The topological polar surface area (TPSA) is 38.3 Å². The van der Waals surface area contributed by atoms with Crippen LogP contribution in [0, 0.1) is 11.6 Å². The van der Waals surface area contributed by atoms with Gasteiger partial charge in [-0.25, -0.2) is 13.6 Å². The summed E-state index contributed by atoms with van der Waals surface area (Å²) in [5, 5.41) is 2.79. The van der Waals surface area contributed by atoms with Crippen LogP contribution in [0.4, 0.5) is 20.2 Å². The van der Waals surface area contributed by atoms with Crippen LogP contribution in [0.2, 0.25) is 0 Å². The summed E-state index contributed by atoms with van der Waals surface area (Å²) >= 11 is 0. The fourth-order valence-electron chi connectivity index (χ4n) is 1.66. The first-order valence-electron chi connectivity index (χ1n) is 5.51. The lowest BCUT2D eigenvalue weighted by molar-refractivity contribution is 0.0597. The number of anilines is 2. The second kappa shape index (κ2) is 5.48. The van der Waals surface area contributed by atoms with Crippen molar-refractivity contribution >= 4 is 17.3 Å². The Bertz CT molecular complexity index is 614. The maximum absolute atomic E-state index is 13.7. The van der Waals surface area contributed by atoms with Gasteiger partial charge in [0.2, 0.25) is 0 Å². The SMILES string of the molecule is COC(=O)c1c(F)cccc1Nc1cccc(F)c1. The zero-order chi connectivity index (χ0) is 13.8. The molecule has 0 aliphatic heterocycles. The minimum Gasteiger partial charge on any atom is -0.465 e. The Labute approximate surface area is 108 Å². The van der Waals surface area contributed by atoms with Crippen molar-refractivity contribution in [2.24, 2.45) is 0 Å². The van der Waals surface area contributed by atoms with Gasteiger partial charge in [0.25, 0.3) is 0 Å². The van der Waals surface area contributed by atoms with E-state index in [-0.39, 0.29) is 11.3 Å². The van der Waals surface area contributed by atoms with E-state index in [1.807, 2.05) is 0 Å². The molecule has 2 rings (SSSR count). The quantitative estimate of drug-likeness (QED) is 0.861. The van der Waals surface area contributed by atoms with Crippen LogP contribution < -0.4 is 5.32 Å². The van der Waals surface area contributed by atoms with Crippen molar-refractivity contribution in [2.75, 3.05) is 12.4 Å². The number of esters is 1. The van der Waals surface area contributed by atoms with Crippen molar-refractivity contribution in [1.82, 2.24) is 0 Å². The predicted molar refractivity (Wildman–Crippen MR) is 67.4 cm³/mol. The number of halogens is 2. The van der Waals surface area contributed by atoms with Gasteiger partial charge in [0.15, 0.2) is 0 Å². The van der Waals surface area contributed by atoms with Gasteiger partial charge in [0, 0.05) is 5.69 Å². The largest absolute Gasteiger partial charge is 0.465 e. The molecule has 2 aromatic carbocycles. The summed E-state index contributed by atoms with van der Waals surface area (Å²) in [6.07, 6.45) is 0. The lowest BCUT2D eigenvalue weighted by atomic mass is 10.1. The van der Waals surface area contributed by atoms with Crippen molar-refractivity contribution in [3.8, 4) is 0 Å². The maximum Gasteiger partial charge on any atom is 0.342 e. The summed E-state index contributed by atoms with van der Waals surface area (Å²) < 4.78 is 31.2. The highest BCUT2D eigenvalue weighted by Crippen LogP contribution is 2.24. The molecule has 98 valence electrons. The van der Waals surface area contributed by atoms with Crippen LogP contribution in [0.25, 0.3) is 0 Å². The van der Waals surface area contributed by atoms with E-state index < -0.39 is 17.6 Å². The monoisotopic (exact) mass is 263 g/mol. The lowest BCUT2D eigenvalue weighted by Gasteiger charge is -2.11. The highest BCUT2D eigenvalue weighted by atomic mass is 19.1. The zero-order valence-electron chi connectivity index (χ0n) is 10.1. The fourth-order valence-corrected chi connectivity index (χ4v) is 1.66. The summed E-state index contributed by atoms with van der Waals surface area (Å²) in [6, 6.07) is 9.76. The van der Waals surface area contributed by atoms with Gasteiger partial charge in [-0.15, -0.1) is 0 Å². The molecule has 0 atom stereocenters. The van der Waals surface area contributed by atoms with Crippen LogP contribution in [0.3, 0.4) is 0 Å². The molecule has 0 amide bonds. The van der Waals surface area contributed by atoms with Crippen molar-refractivity contribution < 1.29 is 18.3 Å². The van der Waals surface area contributed by atoms with Gasteiger partial charge in [0.1, 0.15) is 17.2 Å². The van der Waals surface area contributed by atoms with E-state index in [1.165, 1.54) is 37.4 Å². The first kappa shape index (κ1) is 13.0. The van der Waals surface area contributed by atoms with Crippen LogP contribution >= 0.6 is 0 Å². The molecule has 5 heteroatoms. The number of rotatable bonds is 3. The Morgan fingerprint density at radius 1 is 1.16 bits per heavy atom. The fraction of sp³-hybridized carbons (Fsp3) is 0.0714. The van der Waals surface area contributed by atoms with Gasteiger partial charge in [-0.2, -0.15) is 0 Å². The Balaban J connectivity index is 2.40. The van der Waals surface area contributed by atoms with Gasteiger partial charge in [0.05, 0.1) is 12.8 Å². The molecule has 0 heterocycles. The summed E-state index contributed by atoms with van der Waals surface area (Å²) in [5.74, 6) is -1.92. The molecule has 0 saturated heterocycles. The number of methoxy groups -OCH3 is 1. The summed E-state index contributed by atoms with van der Waals surface area (Å²) in [7, 11) is 1.17. The average molecular weight is 263 g/mol. The van der Waals surface area contributed by atoms with E-state index in [9.17, 15) is 13.6 Å². The highest BCUT2D eigenvalue weighted by Gasteiger charge is 2.17. The van der Waals surface area contributed by atoms with E-state index in [1.54, 1.807) is 6.07 Å². The second-order valence-corrected chi connectivity index (χ2v) is 3.79. The molecule has 0 aromatic heterocycles. The average Bonchev–Trinajstić information content (AvgIpc) is 2.38. The molecule has 19 heavy (non-hydrogen) atoms. The molecule has 0 spiro atoms. The molecular weight excluding hydrogens is 252 g/mol. The Morgan fingerprint density at radius 2 is 1.89 bits per heavy atom. The summed E-state index contributed by atoms with van der Waals surface area (Å²) in [5.41, 5.74) is 0.419. The molecule has 2 aromatic rings. The van der Waals surface area contributed by atoms with Crippen LogP contribution in [-0.2, 0) is 4.74 Å². The van der Waals surface area contributed by atoms with Crippen molar-refractivity contribution in [3.63, 3.8) is 0 Å². The lowest BCUT2D eigenvalue weighted by Crippen LogP contribution is -2.08.